The largest absolute Gasteiger partial charge is 0.323 e. The summed E-state index contributed by atoms with van der Waals surface area (Å²) in [5, 5.41) is 8.40. The summed E-state index contributed by atoms with van der Waals surface area (Å²) < 4.78 is 1.75. The number of rotatable bonds is 0. The number of imidazole rings is 1. The highest BCUT2D eigenvalue weighted by molar-refractivity contribution is 5.15. The lowest BCUT2D eigenvalue weighted by molar-refractivity contribution is 0.854. The molecule has 1 heterocycles. The van der Waals surface area contributed by atoms with Gasteiger partial charge < -0.3 is 4.57 Å². The van der Waals surface area contributed by atoms with Crippen LogP contribution in [0, 0.1) is 18.3 Å². The number of nitrogens with zero attached hydrogens (tertiary/aromatic N) is 3. The standard InChI is InChI=1S/C6H7N3/c1-5-4-8-6(3-7)9(5)2/h4H,1-2H3. The van der Waals surface area contributed by atoms with E-state index in [9.17, 15) is 0 Å². The predicted molar refractivity (Wildman–Crippen MR) is 32.7 cm³/mol. The molecule has 0 saturated heterocycles. The summed E-state index contributed by atoms with van der Waals surface area (Å²) in [5.74, 6) is 0.465. The van der Waals surface area contributed by atoms with Crippen LogP contribution in [0.4, 0.5) is 0 Å². The van der Waals surface area contributed by atoms with Crippen molar-refractivity contribution in [1.82, 2.24) is 9.55 Å². The van der Waals surface area contributed by atoms with Crippen molar-refractivity contribution in [2.24, 2.45) is 7.05 Å². The average Bonchev–Trinajstić information content (AvgIpc) is 2.15. The van der Waals surface area contributed by atoms with Crippen LogP contribution in [0.3, 0.4) is 0 Å². The maximum absolute atomic E-state index is 8.40. The highest BCUT2D eigenvalue weighted by Crippen LogP contribution is 1.97. The van der Waals surface area contributed by atoms with Gasteiger partial charge in [0.05, 0.1) is 0 Å². The maximum Gasteiger partial charge on any atom is 0.212 e. The van der Waals surface area contributed by atoms with Crippen LogP contribution in [0.25, 0.3) is 0 Å². The van der Waals surface area contributed by atoms with Crippen LogP contribution in [0.5, 0.6) is 0 Å². The SMILES string of the molecule is Cc1cnc(C#N)n1C. The molecule has 9 heavy (non-hydrogen) atoms. The zero-order valence-electron chi connectivity index (χ0n) is 5.42. The van der Waals surface area contributed by atoms with Crippen molar-refractivity contribution in [2.75, 3.05) is 0 Å². The zero-order chi connectivity index (χ0) is 6.85. The van der Waals surface area contributed by atoms with Gasteiger partial charge >= 0.3 is 0 Å². The Bertz CT molecular complexity index is 254. The quantitative estimate of drug-likeness (QED) is 0.504. The Morgan fingerprint density at radius 2 is 2.44 bits per heavy atom. The minimum absolute atomic E-state index is 0.465. The molecule has 0 spiro atoms. The van der Waals surface area contributed by atoms with Gasteiger partial charge in [-0.25, -0.2) is 4.98 Å². The van der Waals surface area contributed by atoms with E-state index in [2.05, 4.69) is 4.98 Å². The summed E-state index contributed by atoms with van der Waals surface area (Å²) in [6.45, 7) is 1.91. The first-order valence-corrected chi connectivity index (χ1v) is 2.64. The summed E-state index contributed by atoms with van der Waals surface area (Å²) in [5.41, 5.74) is 1.01. The fourth-order valence-electron chi connectivity index (χ4n) is 0.599. The normalized spacial score (nSPS) is 9.00. The smallest absolute Gasteiger partial charge is 0.212 e. The molecule has 3 heteroatoms. The first-order chi connectivity index (χ1) is 4.25. The average molecular weight is 121 g/mol. The van der Waals surface area contributed by atoms with E-state index in [-0.39, 0.29) is 0 Å². The van der Waals surface area contributed by atoms with Crippen LogP contribution >= 0.6 is 0 Å². The molecular weight excluding hydrogens is 114 g/mol. The highest BCUT2D eigenvalue weighted by Gasteiger charge is 1.98. The van der Waals surface area contributed by atoms with Gasteiger partial charge in [0.15, 0.2) is 0 Å². The van der Waals surface area contributed by atoms with Crippen molar-refractivity contribution in [3.05, 3.63) is 17.7 Å². The first kappa shape index (κ1) is 5.83. The molecule has 3 nitrogen and oxygen atoms in total. The molecule has 1 aromatic heterocycles. The Hall–Kier alpha value is -1.30. The predicted octanol–water partition coefficient (Wildman–Crippen LogP) is 0.600. The molecule has 0 atom stereocenters. The van der Waals surface area contributed by atoms with Crippen LogP contribution in [0.15, 0.2) is 6.20 Å². The van der Waals surface area contributed by atoms with E-state index >= 15 is 0 Å². The zero-order valence-corrected chi connectivity index (χ0v) is 5.42. The third-order valence-corrected chi connectivity index (χ3v) is 1.32. The van der Waals surface area contributed by atoms with E-state index in [1.54, 1.807) is 10.8 Å². The lowest BCUT2D eigenvalue weighted by Crippen LogP contribution is -1.93. The molecule has 0 N–H and O–H groups in total. The van der Waals surface area contributed by atoms with E-state index in [4.69, 9.17) is 5.26 Å². The molecule has 0 aromatic carbocycles. The van der Waals surface area contributed by atoms with Crippen LogP contribution in [-0.4, -0.2) is 9.55 Å². The second-order valence-corrected chi connectivity index (χ2v) is 1.89. The van der Waals surface area contributed by atoms with Crippen molar-refractivity contribution in [3.63, 3.8) is 0 Å². The summed E-state index contributed by atoms with van der Waals surface area (Å²) in [6, 6.07) is 1.97. The van der Waals surface area contributed by atoms with Crippen molar-refractivity contribution in [1.29, 1.82) is 5.26 Å². The van der Waals surface area contributed by atoms with Crippen LogP contribution in [0.2, 0.25) is 0 Å². The Morgan fingerprint density at radius 3 is 2.67 bits per heavy atom. The van der Waals surface area contributed by atoms with Crippen LogP contribution in [-0.2, 0) is 7.05 Å². The van der Waals surface area contributed by atoms with Gasteiger partial charge in [-0.05, 0) is 6.92 Å². The van der Waals surface area contributed by atoms with E-state index in [1.807, 2.05) is 20.0 Å². The van der Waals surface area contributed by atoms with Crippen molar-refractivity contribution < 1.29 is 0 Å². The minimum atomic E-state index is 0.465. The second kappa shape index (κ2) is 1.90. The molecule has 1 aromatic rings. The number of aryl methyl sites for hydroxylation is 1. The van der Waals surface area contributed by atoms with Crippen LogP contribution in [0.1, 0.15) is 11.5 Å². The van der Waals surface area contributed by atoms with Crippen molar-refractivity contribution in [2.45, 2.75) is 6.92 Å². The Kier molecular flexibility index (Phi) is 1.23. The molecule has 46 valence electrons. The number of hydrogen-bond acceptors (Lipinski definition) is 2. The molecule has 0 saturated carbocycles. The van der Waals surface area contributed by atoms with Gasteiger partial charge in [-0.15, -0.1) is 0 Å². The molecule has 0 radical (unpaired) electrons. The summed E-state index contributed by atoms with van der Waals surface area (Å²) in [6.07, 6.45) is 1.68. The lowest BCUT2D eigenvalue weighted by Gasteiger charge is -1.91. The molecule has 0 amide bonds. The van der Waals surface area contributed by atoms with Crippen molar-refractivity contribution in [3.8, 4) is 6.07 Å². The molecule has 0 aliphatic heterocycles. The van der Waals surface area contributed by atoms with E-state index < -0.39 is 0 Å². The third-order valence-electron chi connectivity index (χ3n) is 1.32. The molecule has 1 rings (SSSR count). The van der Waals surface area contributed by atoms with Crippen LogP contribution < -0.4 is 0 Å². The molecule has 0 fully saturated rings. The molecule has 0 aliphatic rings. The number of hydrogen-bond donors (Lipinski definition) is 0. The van der Waals surface area contributed by atoms with Gasteiger partial charge in [-0.3, -0.25) is 0 Å². The fourth-order valence-corrected chi connectivity index (χ4v) is 0.599. The second-order valence-electron chi connectivity index (χ2n) is 1.89. The van der Waals surface area contributed by atoms with Gasteiger partial charge in [-0.1, -0.05) is 0 Å². The van der Waals surface area contributed by atoms with E-state index in [1.165, 1.54) is 0 Å². The maximum atomic E-state index is 8.40. The van der Waals surface area contributed by atoms with Gasteiger partial charge in [0.1, 0.15) is 6.07 Å². The Labute approximate surface area is 53.6 Å². The van der Waals surface area contributed by atoms with Gasteiger partial charge in [-0.2, -0.15) is 5.26 Å². The van der Waals surface area contributed by atoms with Gasteiger partial charge in [0.25, 0.3) is 0 Å². The molecule has 0 unspecified atom stereocenters. The number of nitriles is 1. The fraction of sp³-hybridized carbons (Fsp3) is 0.333. The molecular formula is C6H7N3. The monoisotopic (exact) mass is 121 g/mol. The summed E-state index contributed by atoms with van der Waals surface area (Å²) in [4.78, 5) is 3.84. The van der Waals surface area contributed by atoms with E-state index in [0.717, 1.165) is 5.69 Å². The molecule has 0 bridgehead atoms. The summed E-state index contributed by atoms with van der Waals surface area (Å²) >= 11 is 0. The summed E-state index contributed by atoms with van der Waals surface area (Å²) in [7, 11) is 1.82. The van der Waals surface area contributed by atoms with E-state index in [0.29, 0.717) is 5.82 Å². The topological polar surface area (TPSA) is 41.6 Å². The number of aromatic nitrogens is 2. The van der Waals surface area contributed by atoms with Gasteiger partial charge in [0, 0.05) is 18.9 Å². The molecule has 0 aliphatic carbocycles. The highest BCUT2D eigenvalue weighted by atomic mass is 15.0. The first-order valence-electron chi connectivity index (χ1n) is 2.64. The Morgan fingerprint density at radius 1 is 1.78 bits per heavy atom. The minimum Gasteiger partial charge on any atom is -0.323 e. The third kappa shape index (κ3) is 0.789. The van der Waals surface area contributed by atoms with Crippen molar-refractivity contribution >= 4 is 0 Å². The van der Waals surface area contributed by atoms with Gasteiger partial charge in [0.2, 0.25) is 5.82 Å². The Balaban J connectivity index is 3.24. The lowest BCUT2D eigenvalue weighted by atomic mass is 10.5.